The Morgan fingerprint density at radius 3 is 2.23 bits per heavy atom. The van der Waals surface area contributed by atoms with Gasteiger partial charge in [-0.15, -0.1) is 5.11 Å². The second-order valence-corrected chi connectivity index (χ2v) is 9.05. The average Bonchev–Trinajstić information content (AvgIpc) is 3.02. The fourth-order valence-corrected chi connectivity index (χ4v) is 3.90. The quantitative estimate of drug-likeness (QED) is 0.0506. The number of aromatic nitrogens is 1. The number of aliphatic imine (C=N–C) groups is 1. The molecule has 0 fully saturated rings. The van der Waals surface area contributed by atoms with Crippen LogP contribution in [0, 0.1) is 34.8 Å². The Hall–Kier alpha value is -5.59. The third-order valence-electron chi connectivity index (χ3n) is 6.20. The van der Waals surface area contributed by atoms with Crippen LogP contribution in [-0.4, -0.2) is 23.0 Å². The fraction of sp³-hybridized carbons (Fsp3) is 0.129. The van der Waals surface area contributed by atoms with Crippen molar-refractivity contribution in [3.05, 3.63) is 130 Å². The normalized spacial score (nSPS) is 12.8. The summed E-state index contributed by atoms with van der Waals surface area (Å²) in [5.41, 5.74) is -2.69. The summed E-state index contributed by atoms with van der Waals surface area (Å²) in [5, 5.41) is 26.1. The minimum absolute atomic E-state index is 0.290. The van der Waals surface area contributed by atoms with E-state index in [1.165, 1.54) is 6.07 Å². The standard InChI is InChI=1S/C31H22F4N6O2/c32-25-10-13-27(28(33)15-25)30(42,19-38-20-40-41-37)31(34,35)29-14-9-23(17-39-29)4-1-21-7-11-26(12-8-21)43-18-24-5-2-22(16-36)3-6-24/h2-3,5-15,17,20,42H,18-19H2,(H2,37,38,40). The molecule has 1 atom stereocenters. The van der Waals surface area contributed by atoms with Crippen LogP contribution in [0.15, 0.2) is 100 Å². The molecule has 0 bridgehead atoms. The Bertz CT molecular complexity index is 1730. The summed E-state index contributed by atoms with van der Waals surface area (Å²) in [5.74, 6) is 4.56. The second-order valence-electron chi connectivity index (χ2n) is 9.05. The zero-order valence-electron chi connectivity index (χ0n) is 22.3. The summed E-state index contributed by atoms with van der Waals surface area (Å²) in [7, 11) is 0. The van der Waals surface area contributed by atoms with Crippen LogP contribution in [-0.2, 0) is 18.1 Å². The number of hydrogen-bond acceptors (Lipinski definition) is 6. The highest BCUT2D eigenvalue weighted by atomic mass is 19.3. The number of pyridine rings is 1. The molecule has 43 heavy (non-hydrogen) atoms. The van der Waals surface area contributed by atoms with E-state index in [1.807, 2.05) is 0 Å². The predicted molar refractivity (Wildman–Crippen MR) is 149 cm³/mol. The van der Waals surface area contributed by atoms with Crippen LogP contribution in [0.25, 0.3) is 0 Å². The summed E-state index contributed by atoms with van der Waals surface area (Å²) < 4.78 is 65.2. The SMILES string of the molecule is N#Cc1ccc(COc2ccc(C#Cc3ccc(C(F)(F)C(O)(CN=CN=NN)c4ccc(F)cc4F)nc3)cc2)cc1. The molecule has 8 nitrogen and oxygen atoms in total. The molecule has 4 aromatic rings. The van der Waals surface area contributed by atoms with Crippen molar-refractivity contribution in [2.24, 2.45) is 21.2 Å². The molecule has 0 saturated heterocycles. The van der Waals surface area contributed by atoms with E-state index in [4.69, 9.17) is 15.8 Å². The molecule has 0 spiro atoms. The lowest BCUT2D eigenvalue weighted by molar-refractivity contribution is -0.193. The third kappa shape index (κ3) is 7.19. The summed E-state index contributed by atoms with van der Waals surface area (Å²) in [6.07, 6.45) is 1.79. The first-order chi connectivity index (χ1) is 20.7. The van der Waals surface area contributed by atoms with E-state index < -0.39 is 41.0 Å². The van der Waals surface area contributed by atoms with E-state index >= 15 is 8.78 Å². The first-order valence-electron chi connectivity index (χ1n) is 12.5. The lowest BCUT2D eigenvalue weighted by atomic mass is 9.84. The van der Waals surface area contributed by atoms with Crippen molar-refractivity contribution in [2.75, 3.05) is 6.54 Å². The smallest absolute Gasteiger partial charge is 0.323 e. The largest absolute Gasteiger partial charge is 0.489 e. The Labute approximate surface area is 243 Å². The van der Waals surface area contributed by atoms with E-state index in [-0.39, 0.29) is 0 Å². The molecule has 0 radical (unpaired) electrons. The molecule has 0 saturated carbocycles. The van der Waals surface area contributed by atoms with Gasteiger partial charge in [0.05, 0.1) is 18.2 Å². The summed E-state index contributed by atoms with van der Waals surface area (Å²) in [6.45, 7) is -0.758. The molecule has 1 heterocycles. The highest BCUT2D eigenvalue weighted by molar-refractivity contribution is 5.54. The van der Waals surface area contributed by atoms with E-state index in [2.05, 4.69) is 38.2 Å². The number of benzene rings is 3. The molecule has 216 valence electrons. The molecule has 3 aromatic carbocycles. The van der Waals surface area contributed by atoms with E-state index in [1.54, 1.807) is 48.5 Å². The summed E-state index contributed by atoms with van der Waals surface area (Å²) >= 11 is 0. The van der Waals surface area contributed by atoms with Crippen LogP contribution in [0.3, 0.4) is 0 Å². The zero-order valence-corrected chi connectivity index (χ0v) is 22.3. The highest BCUT2D eigenvalue weighted by Crippen LogP contribution is 2.46. The Morgan fingerprint density at radius 1 is 0.930 bits per heavy atom. The van der Waals surface area contributed by atoms with Crippen molar-refractivity contribution < 1.29 is 27.4 Å². The first-order valence-corrected chi connectivity index (χ1v) is 12.5. The van der Waals surface area contributed by atoms with Crippen LogP contribution >= 0.6 is 0 Å². The number of nitrogens with two attached hydrogens (primary N) is 1. The number of hydrogen-bond donors (Lipinski definition) is 2. The van der Waals surface area contributed by atoms with Crippen molar-refractivity contribution in [3.63, 3.8) is 0 Å². The number of nitriles is 1. The van der Waals surface area contributed by atoms with E-state index in [0.717, 1.165) is 23.9 Å². The Balaban J connectivity index is 1.49. The predicted octanol–water partition coefficient (Wildman–Crippen LogP) is 5.54. The maximum atomic E-state index is 15.7. The van der Waals surface area contributed by atoms with Crippen molar-refractivity contribution in [1.82, 2.24) is 4.98 Å². The number of nitrogens with zero attached hydrogens (tertiary/aromatic N) is 5. The van der Waals surface area contributed by atoms with Crippen molar-refractivity contribution in [2.45, 2.75) is 18.1 Å². The van der Waals surface area contributed by atoms with Gasteiger partial charge in [-0.2, -0.15) is 14.0 Å². The molecule has 4 rings (SSSR count). The molecule has 0 aliphatic rings. The Morgan fingerprint density at radius 2 is 1.60 bits per heavy atom. The molecular formula is C31H22F4N6O2. The van der Waals surface area contributed by atoms with Crippen LogP contribution in [0.4, 0.5) is 17.6 Å². The summed E-state index contributed by atoms with van der Waals surface area (Å²) in [6, 6.07) is 20.0. The second kappa shape index (κ2) is 13.4. The van der Waals surface area contributed by atoms with Gasteiger partial charge in [-0.3, -0.25) is 9.98 Å². The minimum atomic E-state index is -4.19. The van der Waals surface area contributed by atoms with Gasteiger partial charge in [0.2, 0.25) is 0 Å². The molecular weight excluding hydrogens is 564 g/mol. The van der Waals surface area contributed by atoms with Gasteiger partial charge in [0.1, 0.15) is 36.0 Å². The Kier molecular flexibility index (Phi) is 9.45. The lowest BCUT2D eigenvalue weighted by Crippen LogP contribution is -2.47. The van der Waals surface area contributed by atoms with E-state index in [0.29, 0.717) is 47.5 Å². The molecule has 0 aliphatic carbocycles. The fourth-order valence-electron chi connectivity index (χ4n) is 3.90. The van der Waals surface area contributed by atoms with Crippen molar-refractivity contribution >= 4 is 6.34 Å². The van der Waals surface area contributed by atoms with Gasteiger partial charge >= 0.3 is 5.92 Å². The van der Waals surface area contributed by atoms with Gasteiger partial charge in [0, 0.05) is 29.0 Å². The van der Waals surface area contributed by atoms with Crippen molar-refractivity contribution in [1.29, 1.82) is 5.26 Å². The van der Waals surface area contributed by atoms with E-state index in [9.17, 15) is 13.9 Å². The van der Waals surface area contributed by atoms with Gasteiger partial charge in [0.25, 0.3) is 0 Å². The maximum absolute atomic E-state index is 15.7. The summed E-state index contributed by atoms with van der Waals surface area (Å²) in [4.78, 5) is 7.32. The van der Waals surface area contributed by atoms with Crippen LogP contribution in [0.1, 0.15) is 33.5 Å². The van der Waals surface area contributed by atoms with Crippen molar-refractivity contribution in [3.8, 4) is 23.7 Å². The monoisotopic (exact) mass is 586 g/mol. The van der Waals surface area contributed by atoms with Crippen LogP contribution < -0.4 is 10.6 Å². The molecule has 12 heteroatoms. The first kappa shape index (κ1) is 30.4. The number of rotatable bonds is 9. The van der Waals surface area contributed by atoms with Gasteiger partial charge in [-0.05, 0) is 66.2 Å². The molecule has 1 unspecified atom stereocenters. The maximum Gasteiger partial charge on any atom is 0.323 e. The highest BCUT2D eigenvalue weighted by Gasteiger charge is 2.57. The number of aliphatic hydroxyl groups is 1. The third-order valence-corrected chi connectivity index (χ3v) is 6.20. The average molecular weight is 587 g/mol. The number of halogens is 4. The van der Waals surface area contributed by atoms with Gasteiger partial charge in [-0.1, -0.05) is 29.2 Å². The van der Waals surface area contributed by atoms with Gasteiger partial charge in [0.15, 0.2) is 5.60 Å². The van der Waals surface area contributed by atoms with Crippen LogP contribution in [0.5, 0.6) is 5.75 Å². The molecule has 3 N–H and O–H groups in total. The number of ether oxygens (including phenoxy) is 1. The number of alkyl halides is 2. The van der Waals surface area contributed by atoms with Crippen LogP contribution in [0.2, 0.25) is 0 Å². The molecule has 0 aliphatic heterocycles. The molecule has 1 aromatic heterocycles. The van der Waals surface area contributed by atoms with Gasteiger partial charge in [-0.25, -0.2) is 8.78 Å². The minimum Gasteiger partial charge on any atom is -0.489 e. The van der Waals surface area contributed by atoms with Gasteiger partial charge < -0.3 is 15.7 Å². The molecule has 0 amide bonds. The lowest BCUT2D eigenvalue weighted by Gasteiger charge is -2.34. The zero-order chi connectivity index (χ0) is 30.9. The topological polar surface area (TPSA) is 129 Å².